The highest BCUT2D eigenvalue weighted by Gasteiger charge is 2.12. The van der Waals surface area contributed by atoms with Crippen LogP contribution in [-0.2, 0) is 0 Å². The molecule has 7 aromatic heterocycles. The van der Waals surface area contributed by atoms with Crippen molar-refractivity contribution < 1.29 is 0 Å². The number of aromatic nitrogens is 7. The summed E-state index contributed by atoms with van der Waals surface area (Å²) in [5.41, 5.74) is 20.5. The van der Waals surface area contributed by atoms with E-state index >= 15 is 0 Å². The molecule has 8 aromatic carbocycles. The maximum atomic E-state index is 4.78. The molecule has 0 spiro atoms. The zero-order chi connectivity index (χ0) is 59.5. The Balaban J connectivity index is 0.000000118. The van der Waals surface area contributed by atoms with E-state index in [0.29, 0.717) is 0 Å². The number of benzene rings is 8. The van der Waals surface area contributed by atoms with Crippen LogP contribution in [0.5, 0.6) is 0 Å². The largest absolute Gasteiger partial charge is 0.264 e. The molecule has 0 N–H and O–H groups in total. The van der Waals surface area contributed by atoms with E-state index in [4.69, 9.17) is 4.98 Å². The molecule has 7 nitrogen and oxygen atoms in total. The van der Waals surface area contributed by atoms with Crippen molar-refractivity contribution in [1.82, 2.24) is 34.9 Å². The predicted octanol–water partition coefficient (Wildman–Crippen LogP) is 20.2. The molecular weight excluding hydrogens is 1050 g/mol. The van der Waals surface area contributed by atoms with Gasteiger partial charge in [0, 0.05) is 93.0 Å². The summed E-state index contributed by atoms with van der Waals surface area (Å²) >= 11 is 0. The smallest absolute Gasteiger partial charge is 0.0974 e. The molecule has 418 valence electrons. The lowest BCUT2D eigenvalue weighted by atomic mass is 9.99. The molecule has 0 unspecified atom stereocenters. The first-order chi connectivity index (χ1) is 42.2. The third-order valence-electron chi connectivity index (χ3n) is 14.7. The van der Waals surface area contributed by atoms with Crippen LogP contribution in [0.25, 0.3) is 99.0 Å². The monoisotopic (exact) mass is 1110 g/mol. The summed E-state index contributed by atoms with van der Waals surface area (Å²) in [6, 6.07) is 86.9. The third kappa shape index (κ3) is 15.0. The molecule has 0 aliphatic rings. The molecule has 86 heavy (non-hydrogen) atoms. The van der Waals surface area contributed by atoms with Crippen molar-refractivity contribution in [1.29, 1.82) is 0 Å². The van der Waals surface area contributed by atoms with Gasteiger partial charge >= 0.3 is 0 Å². The molecule has 7 heterocycles. The maximum Gasteiger partial charge on any atom is 0.0974 e. The van der Waals surface area contributed by atoms with E-state index in [0.717, 1.165) is 61.4 Å². The number of hydrogen-bond acceptors (Lipinski definition) is 7. The summed E-state index contributed by atoms with van der Waals surface area (Å²) < 4.78 is 0. The molecular formula is C79H67N7. The fraction of sp³-hybridized carbons (Fsp3) is 0.0759. The lowest BCUT2D eigenvalue weighted by Crippen LogP contribution is -1.93. The van der Waals surface area contributed by atoms with Crippen LogP contribution in [0.2, 0.25) is 0 Å². The van der Waals surface area contributed by atoms with E-state index in [-0.39, 0.29) is 0 Å². The normalized spacial score (nSPS) is 10.4. The molecule has 0 fully saturated rings. The van der Waals surface area contributed by atoms with Crippen molar-refractivity contribution in [2.45, 2.75) is 41.5 Å². The van der Waals surface area contributed by atoms with Crippen molar-refractivity contribution in [3.05, 3.63) is 332 Å². The van der Waals surface area contributed by atoms with E-state index in [9.17, 15) is 0 Å². The summed E-state index contributed by atoms with van der Waals surface area (Å²) in [7, 11) is 0. The Hall–Kier alpha value is -10.9. The minimum absolute atomic E-state index is 0.947. The van der Waals surface area contributed by atoms with Crippen LogP contribution in [0.1, 0.15) is 33.6 Å². The summed E-state index contributed by atoms with van der Waals surface area (Å²) in [6.07, 6.45) is 13.0. The molecule has 0 bridgehead atoms. The first-order valence-corrected chi connectivity index (χ1v) is 28.8. The van der Waals surface area contributed by atoms with Crippen LogP contribution in [0.3, 0.4) is 0 Å². The zero-order valence-corrected chi connectivity index (χ0v) is 49.4. The molecule has 0 aliphatic carbocycles. The van der Waals surface area contributed by atoms with Crippen molar-refractivity contribution >= 4 is 54.4 Å². The van der Waals surface area contributed by atoms with Crippen molar-refractivity contribution in [3.63, 3.8) is 0 Å². The number of para-hydroxylation sites is 1. The third-order valence-corrected chi connectivity index (χ3v) is 14.7. The van der Waals surface area contributed by atoms with Crippen molar-refractivity contribution in [3.8, 4) is 44.6 Å². The van der Waals surface area contributed by atoms with E-state index < -0.39 is 0 Å². The molecule has 0 saturated carbocycles. The molecule has 0 atom stereocenters. The number of aryl methyl sites for hydroxylation is 6. The Kier molecular flexibility index (Phi) is 19.6. The number of nitrogens with zero attached hydrogens (tertiary/aromatic N) is 7. The zero-order valence-electron chi connectivity index (χ0n) is 49.4. The van der Waals surface area contributed by atoms with Gasteiger partial charge in [0.05, 0.1) is 27.8 Å². The van der Waals surface area contributed by atoms with Crippen LogP contribution >= 0.6 is 0 Å². The molecule has 15 aromatic rings. The van der Waals surface area contributed by atoms with Gasteiger partial charge in [0.2, 0.25) is 0 Å². The van der Waals surface area contributed by atoms with Gasteiger partial charge in [0.15, 0.2) is 0 Å². The summed E-state index contributed by atoms with van der Waals surface area (Å²) in [5.74, 6) is 0. The number of rotatable bonds is 4. The molecule has 0 amide bonds. The Morgan fingerprint density at radius 1 is 0.256 bits per heavy atom. The van der Waals surface area contributed by atoms with Gasteiger partial charge in [-0.25, -0.2) is 0 Å². The number of pyridine rings is 7. The summed E-state index contributed by atoms with van der Waals surface area (Å²) in [4.78, 5) is 30.6. The highest BCUT2D eigenvalue weighted by atomic mass is 14.8. The lowest BCUT2D eigenvalue weighted by molar-refractivity contribution is 1.21. The second kappa shape index (κ2) is 28.9. The fourth-order valence-electron chi connectivity index (χ4n) is 10.2. The van der Waals surface area contributed by atoms with Crippen LogP contribution in [0, 0.1) is 41.5 Å². The predicted molar refractivity (Wildman–Crippen MR) is 361 cm³/mol. The first kappa shape index (κ1) is 58.3. The number of fused-ring (bicyclic) bond motifs is 5. The van der Waals surface area contributed by atoms with Gasteiger partial charge in [0.25, 0.3) is 0 Å². The van der Waals surface area contributed by atoms with E-state index in [2.05, 4.69) is 215 Å². The van der Waals surface area contributed by atoms with Crippen LogP contribution in [0.15, 0.2) is 298 Å². The Bertz CT molecular complexity index is 4260. The Morgan fingerprint density at radius 2 is 0.756 bits per heavy atom. The van der Waals surface area contributed by atoms with Gasteiger partial charge in [-0.2, -0.15) is 0 Å². The van der Waals surface area contributed by atoms with Gasteiger partial charge in [0.1, 0.15) is 0 Å². The average Bonchev–Trinajstić information content (AvgIpc) is 3.26. The van der Waals surface area contributed by atoms with Crippen molar-refractivity contribution in [2.75, 3.05) is 0 Å². The topological polar surface area (TPSA) is 90.2 Å². The second-order valence-electron chi connectivity index (χ2n) is 20.8. The van der Waals surface area contributed by atoms with Gasteiger partial charge in [-0.3, -0.25) is 34.9 Å². The summed E-state index contributed by atoms with van der Waals surface area (Å²) in [6.45, 7) is 12.5. The van der Waals surface area contributed by atoms with E-state index in [1.807, 2.05) is 154 Å². The van der Waals surface area contributed by atoms with Crippen LogP contribution < -0.4 is 0 Å². The molecule has 0 aliphatic heterocycles. The fourth-order valence-corrected chi connectivity index (χ4v) is 10.2. The highest BCUT2D eigenvalue weighted by molar-refractivity contribution is 5.99. The minimum Gasteiger partial charge on any atom is -0.264 e. The Labute approximate surface area is 504 Å². The SMILES string of the molecule is Cc1cc(-c2ccccc2)c2nccc(-c3ccccc3)c2n1.Cc1cc(-c2ccccc2)cc(-c2ccccc2)n1.Cc1cccc2ccncc12.Cc1cccc2cnccc12.Cc1cccc2ncccc12.Cc1ccnc2ccccc12. The maximum absolute atomic E-state index is 4.78. The highest BCUT2D eigenvalue weighted by Crippen LogP contribution is 2.33. The van der Waals surface area contributed by atoms with Gasteiger partial charge in [-0.1, -0.05) is 194 Å². The average molecular weight is 1110 g/mol. The Morgan fingerprint density at radius 3 is 1.42 bits per heavy atom. The molecule has 0 radical (unpaired) electrons. The minimum atomic E-state index is 0.947. The van der Waals surface area contributed by atoms with Gasteiger partial charge in [-0.05, 0) is 157 Å². The van der Waals surface area contributed by atoms with Gasteiger partial charge < -0.3 is 0 Å². The standard InChI is InChI=1S/C21H16N2.C18H15N.4C10H9N/c1-15-14-19(17-10-6-3-7-11-17)20-21(23-15)18(12-13-22-20)16-8-4-2-5-9-16;1-14-12-17(15-8-4-2-5-9-15)13-18(19-14)16-10-6-3-7-11-16;1-8-4-2-6-10-9(8)5-3-7-11-10;1-8-3-2-4-9-7-11-6-5-10(8)9;1-8-3-2-4-9-5-6-11-7-10(8)9;1-8-6-7-11-10-5-3-2-4-9(8)10/h2-14H,1H3;2-13H,1H3;4*2-7H,1H3. The van der Waals surface area contributed by atoms with Crippen LogP contribution in [-0.4, -0.2) is 34.9 Å². The first-order valence-electron chi connectivity index (χ1n) is 28.8. The van der Waals surface area contributed by atoms with Crippen molar-refractivity contribution in [2.24, 2.45) is 0 Å². The quantitative estimate of drug-likeness (QED) is 0.173. The second-order valence-corrected chi connectivity index (χ2v) is 20.8. The van der Waals surface area contributed by atoms with Crippen LogP contribution in [0.4, 0.5) is 0 Å². The molecule has 7 heteroatoms. The van der Waals surface area contributed by atoms with E-state index in [1.54, 1.807) is 0 Å². The molecule has 0 saturated heterocycles. The summed E-state index contributed by atoms with van der Waals surface area (Å²) in [5, 5.41) is 7.51. The molecule has 15 rings (SSSR count). The van der Waals surface area contributed by atoms with Gasteiger partial charge in [-0.15, -0.1) is 0 Å². The number of hydrogen-bond donors (Lipinski definition) is 0. The lowest BCUT2D eigenvalue weighted by Gasteiger charge is -2.11. The van der Waals surface area contributed by atoms with E-state index in [1.165, 1.54) is 71.3 Å².